The largest absolute Gasteiger partial charge is 1.00 e. The first kappa shape index (κ1) is 53.3. The summed E-state index contributed by atoms with van der Waals surface area (Å²) in [5.41, 5.74) is 2.66. The van der Waals surface area contributed by atoms with Gasteiger partial charge >= 0.3 is 0 Å². The van der Waals surface area contributed by atoms with E-state index in [0.29, 0.717) is 0 Å². The molecule has 4 heteroatoms. The molecule has 0 saturated carbocycles. The molecule has 0 aliphatic rings. The number of pyridine rings is 2. The van der Waals surface area contributed by atoms with Gasteiger partial charge in [0.15, 0.2) is 24.8 Å². The molecule has 2 aromatic heterocycles. The Morgan fingerprint density at radius 2 is 0.426 bits per heavy atom. The van der Waals surface area contributed by atoms with E-state index in [1.54, 1.807) is 0 Å². The monoisotopic (exact) mass is 877 g/mol. The molecule has 314 valence electrons. The first-order valence-electron chi connectivity index (χ1n) is 23.8. The Morgan fingerprint density at radius 1 is 0.259 bits per heavy atom. The van der Waals surface area contributed by atoms with Gasteiger partial charge in [-0.2, -0.15) is 0 Å². The van der Waals surface area contributed by atoms with Crippen molar-refractivity contribution in [2.24, 2.45) is 0 Å². The molecule has 0 fully saturated rings. The molecule has 0 bridgehead atoms. The molecule has 0 amide bonds. The van der Waals surface area contributed by atoms with Gasteiger partial charge in [0.05, 0.1) is 0 Å². The number of halogens is 2. The summed E-state index contributed by atoms with van der Waals surface area (Å²) in [4.78, 5) is 0. The predicted molar refractivity (Wildman–Crippen MR) is 230 cm³/mol. The van der Waals surface area contributed by atoms with Gasteiger partial charge in [-0.1, -0.05) is 219 Å². The van der Waals surface area contributed by atoms with Gasteiger partial charge in [-0.15, -0.1) is 0 Å². The van der Waals surface area contributed by atoms with E-state index in [4.69, 9.17) is 0 Å². The normalized spacial score (nSPS) is 11.1. The fraction of sp³-hybridized carbons (Fsp3) is 0.800. The summed E-state index contributed by atoms with van der Waals surface area (Å²) in [6, 6.07) is 9.19. The lowest BCUT2D eigenvalue weighted by molar-refractivity contribution is -0.697. The zero-order valence-electron chi connectivity index (χ0n) is 36.1. The van der Waals surface area contributed by atoms with Crippen molar-refractivity contribution in [2.45, 2.75) is 258 Å². The number of hydrogen-bond donors (Lipinski definition) is 0. The van der Waals surface area contributed by atoms with Crippen LogP contribution in [-0.2, 0) is 13.1 Å². The maximum Gasteiger partial charge on any atom is 0.169 e. The summed E-state index contributed by atoms with van der Waals surface area (Å²) < 4.78 is 4.75. The number of aromatic nitrogens is 2. The highest BCUT2D eigenvalue weighted by atomic mass is 79.9. The van der Waals surface area contributed by atoms with Gasteiger partial charge < -0.3 is 34.0 Å². The lowest BCUT2D eigenvalue weighted by Crippen LogP contribution is -3.00. The minimum Gasteiger partial charge on any atom is -1.00 e. The molecule has 0 N–H and O–H groups in total. The van der Waals surface area contributed by atoms with Gasteiger partial charge in [0, 0.05) is 37.1 Å². The number of rotatable bonds is 39. The maximum absolute atomic E-state index is 2.37. The van der Waals surface area contributed by atoms with E-state index in [0.717, 1.165) is 13.1 Å². The fourth-order valence-corrected chi connectivity index (χ4v) is 7.99. The summed E-state index contributed by atoms with van der Waals surface area (Å²) in [5, 5.41) is 0. The fourth-order valence-electron chi connectivity index (χ4n) is 7.99. The summed E-state index contributed by atoms with van der Waals surface area (Å²) in [7, 11) is 0. The van der Waals surface area contributed by atoms with E-state index in [9.17, 15) is 0 Å². The summed E-state index contributed by atoms with van der Waals surface area (Å²) in [6.45, 7) is 6.90. The van der Waals surface area contributed by atoms with Crippen LogP contribution in [0.3, 0.4) is 0 Å². The second-order valence-electron chi connectivity index (χ2n) is 16.7. The quantitative estimate of drug-likeness (QED) is 0.0467. The molecule has 0 unspecified atom stereocenters. The second kappa shape index (κ2) is 41.9. The number of aryl methyl sites for hydroxylation is 2. The van der Waals surface area contributed by atoms with Crippen molar-refractivity contribution in [3.05, 3.63) is 49.1 Å². The Labute approximate surface area is 359 Å². The molecule has 0 aromatic carbocycles. The summed E-state index contributed by atoms with van der Waals surface area (Å²) in [5.74, 6) is 0. The molecular weight excluding hydrogens is 788 g/mol. The van der Waals surface area contributed by atoms with Gasteiger partial charge in [-0.05, 0) is 24.0 Å². The van der Waals surface area contributed by atoms with Crippen LogP contribution in [0.2, 0.25) is 0 Å². The van der Waals surface area contributed by atoms with E-state index in [-0.39, 0.29) is 34.0 Å². The molecule has 54 heavy (non-hydrogen) atoms. The third-order valence-corrected chi connectivity index (χ3v) is 11.7. The van der Waals surface area contributed by atoms with Gasteiger partial charge in [0.1, 0.15) is 13.1 Å². The minimum atomic E-state index is 0. The van der Waals surface area contributed by atoms with Gasteiger partial charge in [-0.3, -0.25) is 0 Å². The van der Waals surface area contributed by atoms with Crippen LogP contribution in [0.1, 0.15) is 245 Å². The molecule has 0 spiro atoms. The third-order valence-electron chi connectivity index (χ3n) is 11.7. The molecule has 2 heterocycles. The highest BCUT2D eigenvalue weighted by molar-refractivity contribution is 5.60. The molecular formula is C50H90Br2N2. The molecule has 0 atom stereocenters. The molecule has 2 nitrogen and oxygen atoms in total. The molecule has 0 aliphatic carbocycles. The number of hydrogen-bond acceptors (Lipinski definition) is 0. The first-order chi connectivity index (χ1) is 25.8. The smallest absolute Gasteiger partial charge is 0.169 e. The van der Waals surface area contributed by atoms with Crippen molar-refractivity contribution < 1.29 is 43.1 Å². The first-order valence-corrected chi connectivity index (χ1v) is 23.8. The zero-order chi connectivity index (χ0) is 36.8. The minimum absolute atomic E-state index is 0. The summed E-state index contributed by atoms with van der Waals surface area (Å²) in [6.07, 6.45) is 60.8. The van der Waals surface area contributed by atoms with Crippen molar-refractivity contribution in [3.63, 3.8) is 0 Å². The number of nitrogens with zero attached hydrogens (tertiary/aromatic N) is 2. The zero-order valence-corrected chi connectivity index (χ0v) is 39.3. The highest BCUT2D eigenvalue weighted by Crippen LogP contribution is 2.18. The van der Waals surface area contributed by atoms with E-state index < -0.39 is 0 Å². The average molecular weight is 879 g/mol. The Balaban J connectivity index is 0.0000140. The highest BCUT2D eigenvalue weighted by Gasteiger charge is 2.06. The van der Waals surface area contributed by atoms with Crippen molar-refractivity contribution in [3.8, 4) is 11.1 Å². The van der Waals surface area contributed by atoms with Crippen LogP contribution >= 0.6 is 0 Å². The summed E-state index contributed by atoms with van der Waals surface area (Å²) >= 11 is 0. The SMILES string of the molecule is CCCCCCCCCCCCCCCCCCCC[n+]1ccc(-c2cc[n+](CCCCCCCCCCCCCCCCCCCC)cc2)cc1.[Br-].[Br-]. The Hall–Kier alpha value is -0.740. The molecule has 0 aliphatic heterocycles. The number of unbranched alkanes of at least 4 members (excludes halogenated alkanes) is 34. The van der Waals surface area contributed by atoms with E-state index in [1.807, 2.05) is 0 Å². The predicted octanol–water partition coefficient (Wildman–Crippen LogP) is 10.0. The van der Waals surface area contributed by atoms with Crippen molar-refractivity contribution >= 4 is 0 Å². The van der Waals surface area contributed by atoms with Gasteiger partial charge in [-0.25, -0.2) is 9.13 Å². The van der Waals surface area contributed by atoms with Crippen LogP contribution in [0, 0.1) is 0 Å². The van der Waals surface area contributed by atoms with Crippen LogP contribution in [0.4, 0.5) is 0 Å². The van der Waals surface area contributed by atoms with Gasteiger partial charge in [0.25, 0.3) is 0 Å². The van der Waals surface area contributed by atoms with Crippen LogP contribution in [0.25, 0.3) is 11.1 Å². The van der Waals surface area contributed by atoms with E-state index in [2.05, 4.69) is 72.0 Å². The third kappa shape index (κ3) is 32.4. The van der Waals surface area contributed by atoms with Crippen molar-refractivity contribution in [2.75, 3.05) is 0 Å². The average Bonchev–Trinajstić information content (AvgIpc) is 3.17. The topological polar surface area (TPSA) is 7.76 Å². The standard InChI is InChI=1S/C50H90N2.2BrH/c1-3-5-7-9-11-13-15-17-19-21-23-25-27-29-31-33-35-37-43-51-45-39-49(40-46-51)50-41-47-52(48-42-50)44-38-36-34-32-30-28-26-24-22-20-18-16-14-12-10-8-6-4-2;;/h39-42,45-48H,3-38,43-44H2,1-2H3;2*1H/q+2;;/p-2. The Kier molecular flexibility index (Phi) is 41.3. The van der Waals surface area contributed by atoms with Crippen LogP contribution < -0.4 is 43.1 Å². The Morgan fingerprint density at radius 3 is 0.611 bits per heavy atom. The van der Waals surface area contributed by atoms with Crippen molar-refractivity contribution in [1.82, 2.24) is 0 Å². The molecule has 0 radical (unpaired) electrons. The van der Waals surface area contributed by atoms with Crippen LogP contribution in [-0.4, -0.2) is 0 Å². The molecule has 0 saturated heterocycles. The van der Waals surface area contributed by atoms with E-state index in [1.165, 1.54) is 242 Å². The van der Waals surface area contributed by atoms with Crippen LogP contribution in [0.15, 0.2) is 49.1 Å². The lowest BCUT2D eigenvalue weighted by Gasteiger charge is -2.04. The molecule has 2 aromatic rings. The van der Waals surface area contributed by atoms with E-state index >= 15 is 0 Å². The lowest BCUT2D eigenvalue weighted by atomic mass is 10.0. The Bertz CT molecular complexity index is 911. The van der Waals surface area contributed by atoms with Crippen molar-refractivity contribution in [1.29, 1.82) is 0 Å². The molecule has 2 rings (SSSR count). The van der Waals surface area contributed by atoms with Gasteiger partial charge in [0.2, 0.25) is 0 Å². The maximum atomic E-state index is 2.37. The van der Waals surface area contributed by atoms with Crippen LogP contribution in [0.5, 0.6) is 0 Å². The second-order valence-corrected chi connectivity index (χ2v) is 16.7.